The van der Waals surface area contributed by atoms with E-state index in [9.17, 15) is 14.0 Å². The molecule has 76 valence electrons. The fourth-order valence-electron chi connectivity index (χ4n) is 0.701. The van der Waals surface area contributed by atoms with Crippen LogP contribution in [0.25, 0.3) is 0 Å². The second-order valence-corrected chi connectivity index (χ2v) is 3.91. The summed E-state index contributed by atoms with van der Waals surface area (Å²) in [5.41, 5.74) is -0.710. The molecule has 3 nitrogen and oxygen atoms in total. The summed E-state index contributed by atoms with van der Waals surface area (Å²) in [6.07, 6.45) is -2.24. The van der Waals surface area contributed by atoms with Crippen LogP contribution in [0.2, 0.25) is 0 Å². The van der Waals surface area contributed by atoms with Gasteiger partial charge in [0.2, 0.25) is 6.17 Å². The Morgan fingerprint density at radius 2 is 1.85 bits per heavy atom. The lowest BCUT2D eigenvalue weighted by Gasteiger charge is -2.20. The number of halogens is 1. The van der Waals surface area contributed by atoms with Crippen molar-refractivity contribution in [2.24, 2.45) is 0 Å². The molecular weight excluding hydrogens is 175 g/mol. The third-order valence-corrected chi connectivity index (χ3v) is 1.13. The molecule has 0 aliphatic rings. The largest absolute Gasteiger partial charge is 0.458 e. The summed E-state index contributed by atoms with van der Waals surface area (Å²) in [7, 11) is 0. The standard InChI is InChI=1S/C9H15FO3/c1-6(11)5-7(10)8(12)13-9(2,3)4/h7H,5H2,1-4H3. The first-order valence-electron chi connectivity index (χ1n) is 4.09. The molecule has 0 radical (unpaired) electrons. The normalized spacial score (nSPS) is 13.6. The van der Waals surface area contributed by atoms with Gasteiger partial charge in [-0.3, -0.25) is 4.79 Å². The van der Waals surface area contributed by atoms with E-state index in [0.717, 1.165) is 0 Å². The first kappa shape index (κ1) is 12.1. The Kier molecular flexibility index (Phi) is 4.04. The van der Waals surface area contributed by atoms with Crippen LogP contribution in [0.4, 0.5) is 4.39 Å². The molecular formula is C9H15FO3. The average molecular weight is 190 g/mol. The number of carbonyl (C=O) groups is 2. The van der Waals surface area contributed by atoms with Gasteiger partial charge in [-0.05, 0) is 27.7 Å². The van der Waals surface area contributed by atoms with Crippen molar-refractivity contribution in [3.05, 3.63) is 0 Å². The maximum atomic E-state index is 12.9. The zero-order valence-electron chi connectivity index (χ0n) is 8.39. The summed E-state index contributed by atoms with van der Waals surface area (Å²) in [6, 6.07) is 0. The molecule has 0 spiro atoms. The van der Waals surface area contributed by atoms with E-state index >= 15 is 0 Å². The van der Waals surface area contributed by atoms with Crippen molar-refractivity contribution < 1.29 is 18.7 Å². The van der Waals surface area contributed by atoms with Gasteiger partial charge in [0.1, 0.15) is 11.4 Å². The van der Waals surface area contributed by atoms with Crippen molar-refractivity contribution >= 4 is 11.8 Å². The van der Waals surface area contributed by atoms with E-state index in [4.69, 9.17) is 4.74 Å². The highest BCUT2D eigenvalue weighted by Crippen LogP contribution is 2.11. The Balaban J connectivity index is 4.05. The van der Waals surface area contributed by atoms with E-state index in [0.29, 0.717) is 0 Å². The molecule has 0 saturated heterocycles. The molecule has 0 fully saturated rings. The predicted molar refractivity (Wildman–Crippen MR) is 46.0 cm³/mol. The Labute approximate surface area is 77.3 Å². The second kappa shape index (κ2) is 4.35. The maximum absolute atomic E-state index is 12.9. The molecule has 0 amide bonds. The topological polar surface area (TPSA) is 43.4 Å². The van der Waals surface area contributed by atoms with E-state index < -0.39 is 24.2 Å². The summed E-state index contributed by atoms with van der Waals surface area (Å²) in [6.45, 7) is 6.17. The second-order valence-electron chi connectivity index (χ2n) is 3.91. The van der Waals surface area contributed by atoms with Crippen LogP contribution in [0.5, 0.6) is 0 Å². The van der Waals surface area contributed by atoms with Gasteiger partial charge in [-0.1, -0.05) is 0 Å². The summed E-state index contributed by atoms with van der Waals surface area (Å²) in [4.78, 5) is 21.4. The molecule has 0 rings (SSSR count). The van der Waals surface area contributed by atoms with Crippen molar-refractivity contribution in [1.29, 1.82) is 0 Å². The van der Waals surface area contributed by atoms with Crippen LogP contribution >= 0.6 is 0 Å². The number of hydrogen-bond acceptors (Lipinski definition) is 3. The number of ether oxygens (including phenoxy) is 1. The minimum atomic E-state index is -1.84. The predicted octanol–water partition coefficient (Wildman–Crippen LogP) is 1.65. The first-order chi connectivity index (χ1) is 5.72. The van der Waals surface area contributed by atoms with Crippen LogP contribution < -0.4 is 0 Å². The van der Waals surface area contributed by atoms with Crippen molar-refractivity contribution in [2.45, 2.75) is 45.9 Å². The van der Waals surface area contributed by atoms with E-state index in [1.165, 1.54) is 6.92 Å². The minimum Gasteiger partial charge on any atom is -0.458 e. The molecule has 1 atom stereocenters. The van der Waals surface area contributed by atoms with Crippen molar-refractivity contribution in [1.82, 2.24) is 0 Å². The van der Waals surface area contributed by atoms with Gasteiger partial charge in [-0.25, -0.2) is 9.18 Å². The highest BCUT2D eigenvalue weighted by Gasteiger charge is 2.25. The Morgan fingerprint density at radius 3 is 2.15 bits per heavy atom. The van der Waals surface area contributed by atoms with E-state index in [-0.39, 0.29) is 5.78 Å². The van der Waals surface area contributed by atoms with Gasteiger partial charge in [-0.2, -0.15) is 0 Å². The van der Waals surface area contributed by atoms with E-state index in [1.807, 2.05) is 0 Å². The highest BCUT2D eigenvalue weighted by molar-refractivity contribution is 5.84. The van der Waals surface area contributed by atoms with Crippen molar-refractivity contribution in [3.8, 4) is 0 Å². The third-order valence-electron chi connectivity index (χ3n) is 1.13. The molecule has 0 aromatic rings. The van der Waals surface area contributed by atoms with Gasteiger partial charge in [0, 0.05) is 6.42 Å². The lowest BCUT2D eigenvalue weighted by atomic mass is 10.1. The van der Waals surface area contributed by atoms with Crippen LogP contribution in [0.1, 0.15) is 34.1 Å². The molecule has 1 unspecified atom stereocenters. The summed E-state index contributed by atoms with van der Waals surface area (Å²) in [5.74, 6) is -1.33. The van der Waals surface area contributed by atoms with Crippen molar-refractivity contribution in [2.75, 3.05) is 0 Å². The summed E-state index contributed by atoms with van der Waals surface area (Å²) >= 11 is 0. The fourth-order valence-corrected chi connectivity index (χ4v) is 0.701. The van der Waals surface area contributed by atoms with Gasteiger partial charge >= 0.3 is 5.97 Å². The Morgan fingerprint density at radius 1 is 1.38 bits per heavy atom. The molecule has 0 bridgehead atoms. The van der Waals surface area contributed by atoms with Gasteiger partial charge in [0.25, 0.3) is 0 Å². The van der Waals surface area contributed by atoms with Gasteiger partial charge in [-0.15, -0.1) is 0 Å². The average Bonchev–Trinajstić information content (AvgIpc) is 1.81. The molecule has 0 N–H and O–H groups in total. The number of rotatable bonds is 3. The molecule has 13 heavy (non-hydrogen) atoms. The van der Waals surface area contributed by atoms with Gasteiger partial charge < -0.3 is 4.74 Å². The quantitative estimate of drug-likeness (QED) is 0.635. The molecule has 0 saturated carbocycles. The van der Waals surface area contributed by atoms with Crippen LogP contribution in [-0.2, 0) is 14.3 Å². The van der Waals surface area contributed by atoms with Crippen LogP contribution in [0, 0.1) is 0 Å². The smallest absolute Gasteiger partial charge is 0.341 e. The number of esters is 1. The summed E-state index contributed by atoms with van der Waals surface area (Å²) < 4.78 is 17.6. The number of ketones is 1. The number of carbonyl (C=O) groups excluding carboxylic acids is 2. The molecule has 0 aliphatic carbocycles. The number of hydrogen-bond donors (Lipinski definition) is 0. The van der Waals surface area contributed by atoms with Crippen LogP contribution in [-0.4, -0.2) is 23.5 Å². The van der Waals surface area contributed by atoms with E-state index in [1.54, 1.807) is 20.8 Å². The maximum Gasteiger partial charge on any atom is 0.341 e. The fraction of sp³-hybridized carbons (Fsp3) is 0.778. The van der Waals surface area contributed by atoms with Crippen molar-refractivity contribution in [3.63, 3.8) is 0 Å². The van der Waals surface area contributed by atoms with E-state index in [2.05, 4.69) is 0 Å². The Hall–Kier alpha value is -0.930. The zero-order valence-corrected chi connectivity index (χ0v) is 8.39. The number of Topliss-reactive ketones (excluding diaryl/α,β-unsaturated/α-hetero) is 1. The van der Waals surface area contributed by atoms with Crippen LogP contribution in [0.3, 0.4) is 0 Å². The zero-order chi connectivity index (χ0) is 10.6. The molecule has 0 aromatic heterocycles. The number of alkyl halides is 1. The molecule has 4 heteroatoms. The minimum absolute atomic E-state index is 0.363. The molecule has 0 aromatic carbocycles. The summed E-state index contributed by atoms with van der Waals surface area (Å²) in [5, 5.41) is 0. The lowest BCUT2D eigenvalue weighted by Crippen LogP contribution is -2.30. The highest BCUT2D eigenvalue weighted by atomic mass is 19.1. The first-order valence-corrected chi connectivity index (χ1v) is 4.09. The lowest BCUT2D eigenvalue weighted by molar-refractivity contribution is -0.162. The molecule has 0 aliphatic heterocycles. The molecule has 0 heterocycles. The third kappa shape index (κ3) is 6.25. The SMILES string of the molecule is CC(=O)CC(F)C(=O)OC(C)(C)C. The Bertz CT molecular complexity index is 205. The van der Waals surface area contributed by atoms with Crippen LogP contribution in [0.15, 0.2) is 0 Å². The monoisotopic (exact) mass is 190 g/mol. The van der Waals surface area contributed by atoms with Gasteiger partial charge in [0.05, 0.1) is 0 Å². The van der Waals surface area contributed by atoms with Gasteiger partial charge in [0.15, 0.2) is 0 Å².